The monoisotopic (exact) mass is 292 g/mol. The highest BCUT2D eigenvalue weighted by Crippen LogP contribution is 2.29. The van der Waals surface area contributed by atoms with Crippen LogP contribution in [0.4, 0.5) is 11.6 Å². The van der Waals surface area contributed by atoms with Crippen molar-refractivity contribution >= 4 is 11.6 Å². The van der Waals surface area contributed by atoms with Crippen molar-refractivity contribution in [2.24, 2.45) is 5.92 Å². The summed E-state index contributed by atoms with van der Waals surface area (Å²) in [5.74, 6) is 3.45. The zero-order valence-electron chi connectivity index (χ0n) is 15.2. The molecule has 0 radical (unpaired) electrons. The molecule has 4 heteroatoms. The van der Waals surface area contributed by atoms with Crippen LogP contribution >= 0.6 is 0 Å². The molecule has 0 aliphatic heterocycles. The Hall–Kier alpha value is -1.32. The van der Waals surface area contributed by atoms with Crippen molar-refractivity contribution < 1.29 is 0 Å². The highest BCUT2D eigenvalue weighted by Gasteiger charge is 2.24. The quantitative estimate of drug-likeness (QED) is 0.890. The first-order chi connectivity index (χ1) is 9.59. The zero-order chi connectivity index (χ0) is 16.4. The van der Waals surface area contributed by atoms with E-state index in [0.717, 1.165) is 29.6 Å². The van der Waals surface area contributed by atoms with Crippen LogP contribution in [0.15, 0.2) is 0 Å². The van der Waals surface area contributed by atoms with E-state index in [9.17, 15) is 0 Å². The number of hydrogen-bond acceptors (Lipinski definition) is 4. The number of hydrogen-bond donors (Lipinski definition) is 1. The maximum Gasteiger partial charge on any atom is 0.138 e. The van der Waals surface area contributed by atoms with E-state index < -0.39 is 0 Å². The summed E-state index contributed by atoms with van der Waals surface area (Å²) in [5.41, 5.74) is 1.06. The fourth-order valence-corrected chi connectivity index (χ4v) is 2.16. The van der Waals surface area contributed by atoms with Crippen molar-refractivity contribution in [1.82, 2.24) is 9.97 Å². The molecule has 0 bridgehead atoms. The molecule has 1 aromatic heterocycles. The van der Waals surface area contributed by atoms with Crippen LogP contribution < -0.4 is 10.2 Å². The minimum atomic E-state index is -0.0610. The summed E-state index contributed by atoms with van der Waals surface area (Å²) >= 11 is 0. The average Bonchev–Trinajstić information content (AvgIpc) is 2.38. The molecule has 0 aliphatic rings. The fraction of sp³-hybridized carbons (Fsp3) is 0.765. The zero-order valence-corrected chi connectivity index (χ0v) is 15.2. The summed E-state index contributed by atoms with van der Waals surface area (Å²) < 4.78 is 0. The van der Waals surface area contributed by atoms with Crippen LogP contribution in [-0.2, 0) is 5.41 Å². The molecule has 0 amide bonds. The number of nitrogens with one attached hydrogen (secondary N) is 1. The van der Waals surface area contributed by atoms with Gasteiger partial charge in [-0.25, -0.2) is 9.97 Å². The summed E-state index contributed by atoms with van der Waals surface area (Å²) in [5, 5.41) is 3.37. The molecule has 4 nitrogen and oxygen atoms in total. The third-order valence-electron chi connectivity index (χ3n) is 4.04. The normalized spacial score (nSPS) is 13.4. The van der Waals surface area contributed by atoms with Gasteiger partial charge in [-0.2, -0.15) is 0 Å². The lowest BCUT2D eigenvalue weighted by molar-refractivity contribution is 0.496. The van der Waals surface area contributed by atoms with Crippen LogP contribution in [-0.4, -0.2) is 29.6 Å². The highest BCUT2D eigenvalue weighted by atomic mass is 15.2. The number of anilines is 2. The molecule has 0 aliphatic carbocycles. The summed E-state index contributed by atoms with van der Waals surface area (Å²) in [6.07, 6.45) is 0. The van der Waals surface area contributed by atoms with E-state index in [1.54, 1.807) is 0 Å². The van der Waals surface area contributed by atoms with Gasteiger partial charge < -0.3 is 10.2 Å². The standard InChI is InChI=1S/C17H32N4/c1-10-18-14-12(4)15(21(9)13(5)11(2)3)20-16(19-14)17(6,7)8/h11,13H,10H2,1-9H3,(H,18,19,20). The third-order valence-corrected chi connectivity index (χ3v) is 4.04. The summed E-state index contributed by atoms with van der Waals surface area (Å²) in [4.78, 5) is 11.9. The maximum atomic E-state index is 4.86. The largest absolute Gasteiger partial charge is 0.370 e. The van der Waals surface area contributed by atoms with Crippen molar-refractivity contribution in [2.45, 2.75) is 66.8 Å². The molecule has 1 unspecified atom stereocenters. The Morgan fingerprint density at radius 1 is 1.14 bits per heavy atom. The molecule has 1 N–H and O–H groups in total. The van der Waals surface area contributed by atoms with Gasteiger partial charge in [0.1, 0.15) is 17.5 Å². The van der Waals surface area contributed by atoms with Gasteiger partial charge in [0, 0.05) is 30.6 Å². The summed E-state index contributed by atoms with van der Waals surface area (Å²) in [6.45, 7) is 18.3. The second-order valence-electron chi connectivity index (χ2n) is 7.22. The lowest BCUT2D eigenvalue weighted by atomic mass is 9.95. The molecule has 0 spiro atoms. The van der Waals surface area contributed by atoms with E-state index in [1.165, 1.54) is 0 Å². The minimum Gasteiger partial charge on any atom is -0.370 e. The molecule has 1 atom stereocenters. The SMILES string of the molecule is CCNc1nc(C(C)(C)C)nc(N(C)C(C)C(C)C)c1C. The average molecular weight is 292 g/mol. The molecule has 0 fully saturated rings. The van der Waals surface area contributed by atoms with Crippen LogP contribution in [0.5, 0.6) is 0 Å². The molecule has 120 valence electrons. The smallest absolute Gasteiger partial charge is 0.138 e. The first-order valence-corrected chi connectivity index (χ1v) is 7.95. The maximum absolute atomic E-state index is 4.86. The summed E-state index contributed by atoms with van der Waals surface area (Å²) in [6, 6.07) is 0.431. The topological polar surface area (TPSA) is 41.1 Å². The molecule has 1 rings (SSSR count). The van der Waals surface area contributed by atoms with Gasteiger partial charge in [-0.1, -0.05) is 34.6 Å². The van der Waals surface area contributed by atoms with Gasteiger partial charge in [0.15, 0.2) is 0 Å². The number of nitrogens with zero attached hydrogens (tertiary/aromatic N) is 3. The lowest BCUT2D eigenvalue weighted by Gasteiger charge is -2.32. The predicted molar refractivity (Wildman–Crippen MR) is 92.3 cm³/mol. The van der Waals surface area contributed by atoms with Crippen LogP contribution in [0, 0.1) is 12.8 Å². The molecule has 1 heterocycles. The van der Waals surface area contributed by atoms with Crippen molar-refractivity contribution in [2.75, 3.05) is 23.8 Å². The second-order valence-corrected chi connectivity index (χ2v) is 7.22. The Morgan fingerprint density at radius 3 is 2.14 bits per heavy atom. The van der Waals surface area contributed by atoms with Crippen molar-refractivity contribution in [3.63, 3.8) is 0 Å². The van der Waals surface area contributed by atoms with Crippen LogP contribution in [0.25, 0.3) is 0 Å². The molecule has 0 saturated heterocycles. The number of aromatic nitrogens is 2. The van der Waals surface area contributed by atoms with E-state index in [2.05, 4.69) is 72.7 Å². The van der Waals surface area contributed by atoms with E-state index in [-0.39, 0.29) is 5.41 Å². The second kappa shape index (κ2) is 6.63. The first-order valence-electron chi connectivity index (χ1n) is 7.95. The van der Waals surface area contributed by atoms with Gasteiger partial charge >= 0.3 is 0 Å². The Kier molecular flexibility index (Phi) is 5.60. The van der Waals surface area contributed by atoms with Crippen LogP contribution in [0.1, 0.15) is 59.9 Å². The van der Waals surface area contributed by atoms with Gasteiger partial charge in [0.2, 0.25) is 0 Å². The molecular formula is C17H32N4. The minimum absolute atomic E-state index is 0.0610. The Bertz CT molecular complexity index is 474. The molecular weight excluding hydrogens is 260 g/mol. The predicted octanol–water partition coefficient (Wildman–Crippen LogP) is 4.00. The van der Waals surface area contributed by atoms with Gasteiger partial charge in [-0.05, 0) is 26.7 Å². The van der Waals surface area contributed by atoms with Gasteiger partial charge in [-0.3, -0.25) is 0 Å². The Morgan fingerprint density at radius 2 is 1.71 bits per heavy atom. The van der Waals surface area contributed by atoms with Crippen LogP contribution in [0.2, 0.25) is 0 Å². The fourth-order valence-electron chi connectivity index (χ4n) is 2.16. The van der Waals surface area contributed by atoms with E-state index >= 15 is 0 Å². The highest BCUT2D eigenvalue weighted by molar-refractivity contribution is 5.59. The third kappa shape index (κ3) is 4.08. The van der Waals surface area contributed by atoms with Gasteiger partial charge in [0.05, 0.1) is 0 Å². The van der Waals surface area contributed by atoms with E-state index in [1.807, 2.05) is 0 Å². The Balaban J connectivity index is 3.39. The lowest BCUT2D eigenvalue weighted by Crippen LogP contribution is -2.35. The van der Waals surface area contributed by atoms with Crippen LogP contribution in [0.3, 0.4) is 0 Å². The molecule has 0 aromatic carbocycles. The Labute approximate surface area is 130 Å². The van der Waals surface area contributed by atoms with Crippen molar-refractivity contribution in [1.29, 1.82) is 0 Å². The van der Waals surface area contributed by atoms with E-state index in [0.29, 0.717) is 12.0 Å². The molecule has 0 saturated carbocycles. The molecule has 1 aromatic rings. The number of rotatable bonds is 5. The van der Waals surface area contributed by atoms with Gasteiger partial charge in [0.25, 0.3) is 0 Å². The van der Waals surface area contributed by atoms with Crippen molar-refractivity contribution in [3.8, 4) is 0 Å². The van der Waals surface area contributed by atoms with Crippen molar-refractivity contribution in [3.05, 3.63) is 11.4 Å². The summed E-state index contributed by atoms with van der Waals surface area (Å²) in [7, 11) is 2.13. The van der Waals surface area contributed by atoms with E-state index in [4.69, 9.17) is 9.97 Å². The van der Waals surface area contributed by atoms with Gasteiger partial charge in [-0.15, -0.1) is 0 Å². The first kappa shape index (κ1) is 17.7. The molecule has 21 heavy (non-hydrogen) atoms.